The first-order chi connectivity index (χ1) is 18.1. The molecule has 206 valence electrons. The fourth-order valence-electron chi connectivity index (χ4n) is 5.01. The van der Waals surface area contributed by atoms with Gasteiger partial charge in [0.1, 0.15) is 24.9 Å². The number of rotatable bonds is 11. The summed E-state index contributed by atoms with van der Waals surface area (Å²) in [4.78, 5) is 11.5. The number of aliphatic hydroxyl groups is 1. The maximum absolute atomic E-state index is 14.1. The third-order valence-corrected chi connectivity index (χ3v) is 7.31. The number of hydrogen-bond donors (Lipinski definition) is 2. The summed E-state index contributed by atoms with van der Waals surface area (Å²) in [6.07, 6.45) is 2.04. The van der Waals surface area contributed by atoms with E-state index in [0.717, 1.165) is 24.8 Å². The van der Waals surface area contributed by atoms with Crippen LogP contribution in [0.25, 0.3) is 10.9 Å². The molecule has 1 aliphatic heterocycles. The predicted octanol–water partition coefficient (Wildman–Crippen LogP) is 4.69. The van der Waals surface area contributed by atoms with Crippen LogP contribution in [0.5, 0.6) is 11.5 Å². The van der Waals surface area contributed by atoms with Crippen molar-refractivity contribution in [1.82, 2.24) is 14.9 Å². The minimum Gasteiger partial charge on any atom is -0.493 e. The van der Waals surface area contributed by atoms with Gasteiger partial charge in [-0.05, 0) is 58.0 Å². The van der Waals surface area contributed by atoms with E-state index in [1.165, 1.54) is 12.1 Å². The van der Waals surface area contributed by atoms with Crippen LogP contribution in [0.1, 0.15) is 42.8 Å². The molecule has 2 atom stereocenters. The van der Waals surface area contributed by atoms with Gasteiger partial charge in [-0.3, -0.25) is 4.90 Å². The molecule has 0 spiro atoms. The normalized spacial score (nSPS) is 19.1. The molecule has 38 heavy (non-hydrogen) atoms. The monoisotopic (exact) mass is 530 g/mol. The molecule has 2 aromatic carbocycles. The van der Waals surface area contributed by atoms with Gasteiger partial charge in [0.2, 0.25) is 0 Å². The summed E-state index contributed by atoms with van der Waals surface area (Å²) in [5.74, 6) is -1.10. The smallest absolute Gasteiger partial charge is 0.295 e. The van der Waals surface area contributed by atoms with Crippen LogP contribution in [-0.4, -0.2) is 73.1 Å². The molecule has 0 unspecified atom stereocenters. The molecule has 0 radical (unpaired) electrons. The lowest BCUT2D eigenvalue weighted by molar-refractivity contribution is -0.0556. The maximum Gasteiger partial charge on any atom is 0.295 e. The van der Waals surface area contributed by atoms with Crippen molar-refractivity contribution < 1.29 is 28.1 Å². The number of methoxy groups -OCH3 is 2. The summed E-state index contributed by atoms with van der Waals surface area (Å²) in [5, 5.41) is 13.2. The standard InChI is InChI=1S/C28H36F2N4O4/c1-18(20-8-6-9-21(12-20)28(29,30)15-35)31-26-22-13-25(24(37-5)14-23(22)32-19(2)33-26)38-17-27(16-36-4)10-7-11-34(27)3/h6,8-9,12-14,18,35H,7,10-11,15-17H2,1-5H3,(H,31,32,33)/t18-,27-/m1/s1. The number of nitrogens with zero attached hydrogens (tertiary/aromatic N) is 3. The van der Waals surface area contributed by atoms with Gasteiger partial charge in [-0.1, -0.05) is 18.2 Å². The average molecular weight is 531 g/mol. The van der Waals surface area contributed by atoms with Crippen LogP contribution in [0.15, 0.2) is 36.4 Å². The van der Waals surface area contributed by atoms with Gasteiger partial charge in [0.05, 0.1) is 24.8 Å². The van der Waals surface area contributed by atoms with E-state index in [9.17, 15) is 8.78 Å². The van der Waals surface area contributed by atoms with Crippen LogP contribution in [0.3, 0.4) is 0 Å². The number of benzene rings is 2. The highest BCUT2D eigenvalue weighted by atomic mass is 19.3. The first kappa shape index (κ1) is 27.9. The Morgan fingerprint density at radius 2 is 1.95 bits per heavy atom. The second-order valence-electron chi connectivity index (χ2n) is 9.96. The van der Waals surface area contributed by atoms with Crippen LogP contribution < -0.4 is 14.8 Å². The number of ether oxygens (including phenoxy) is 3. The number of alkyl halides is 2. The molecule has 0 aliphatic carbocycles. The molecule has 10 heteroatoms. The minimum absolute atomic E-state index is 0.226. The summed E-state index contributed by atoms with van der Waals surface area (Å²) < 4.78 is 45.7. The molecular weight excluding hydrogens is 494 g/mol. The van der Waals surface area contributed by atoms with Gasteiger partial charge in [-0.15, -0.1) is 0 Å². The Morgan fingerprint density at radius 3 is 2.61 bits per heavy atom. The van der Waals surface area contributed by atoms with E-state index in [0.29, 0.717) is 47.4 Å². The summed E-state index contributed by atoms with van der Waals surface area (Å²) in [6.45, 7) is 4.37. The number of halogens is 2. The van der Waals surface area contributed by atoms with Crippen molar-refractivity contribution in [3.8, 4) is 11.5 Å². The number of aliphatic hydroxyl groups excluding tert-OH is 1. The third-order valence-electron chi connectivity index (χ3n) is 7.31. The lowest BCUT2D eigenvalue weighted by Gasteiger charge is -2.35. The molecule has 8 nitrogen and oxygen atoms in total. The van der Waals surface area contributed by atoms with Crippen molar-refractivity contribution in [1.29, 1.82) is 0 Å². The van der Waals surface area contributed by atoms with Gasteiger partial charge in [0.15, 0.2) is 11.5 Å². The Balaban J connectivity index is 1.66. The Morgan fingerprint density at radius 1 is 1.16 bits per heavy atom. The lowest BCUT2D eigenvalue weighted by Crippen LogP contribution is -2.50. The van der Waals surface area contributed by atoms with E-state index >= 15 is 0 Å². The number of aryl methyl sites for hydroxylation is 1. The van der Waals surface area contributed by atoms with Crippen LogP contribution in [-0.2, 0) is 10.7 Å². The molecule has 0 bridgehead atoms. The number of hydrogen-bond acceptors (Lipinski definition) is 8. The highest BCUT2D eigenvalue weighted by molar-refractivity contribution is 5.92. The number of likely N-dealkylation sites (tertiary alicyclic amines) is 1. The van der Waals surface area contributed by atoms with E-state index in [4.69, 9.17) is 19.3 Å². The topological polar surface area (TPSA) is 89.0 Å². The molecule has 2 N–H and O–H groups in total. The largest absolute Gasteiger partial charge is 0.493 e. The summed E-state index contributed by atoms with van der Waals surface area (Å²) >= 11 is 0. The Hall–Kier alpha value is -3.08. The summed E-state index contributed by atoms with van der Waals surface area (Å²) in [5.41, 5.74) is 0.838. The maximum atomic E-state index is 14.1. The Labute approximate surface area is 221 Å². The van der Waals surface area contributed by atoms with Gasteiger partial charge in [0, 0.05) is 30.2 Å². The third kappa shape index (κ3) is 5.67. The number of likely N-dealkylation sites (N-methyl/N-ethyl adjacent to an activating group) is 1. The molecule has 0 amide bonds. The van der Waals surface area contributed by atoms with Gasteiger partial charge in [0.25, 0.3) is 5.92 Å². The Kier molecular flexibility index (Phi) is 8.34. The molecule has 1 aromatic heterocycles. The average Bonchev–Trinajstić information content (AvgIpc) is 3.26. The van der Waals surface area contributed by atoms with Crippen LogP contribution in [0.4, 0.5) is 14.6 Å². The molecule has 0 saturated carbocycles. The van der Waals surface area contributed by atoms with Crippen molar-refractivity contribution in [3.05, 3.63) is 53.3 Å². The predicted molar refractivity (Wildman–Crippen MR) is 142 cm³/mol. The van der Waals surface area contributed by atoms with E-state index in [1.807, 2.05) is 19.1 Å². The first-order valence-corrected chi connectivity index (χ1v) is 12.7. The van der Waals surface area contributed by atoms with Gasteiger partial charge >= 0.3 is 0 Å². The first-order valence-electron chi connectivity index (χ1n) is 12.7. The number of aromatic nitrogens is 2. The second-order valence-corrected chi connectivity index (χ2v) is 9.96. The molecule has 1 fully saturated rings. The van der Waals surface area contributed by atoms with Crippen molar-refractivity contribution in [2.45, 2.75) is 44.2 Å². The SMILES string of the molecule is COC[C@@]1(COc2cc3c(N[C@H](C)c4cccc(C(F)(F)CO)c4)nc(C)nc3cc2OC)CCCN1C. The zero-order chi connectivity index (χ0) is 27.5. The summed E-state index contributed by atoms with van der Waals surface area (Å²) in [6, 6.07) is 9.34. The zero-order valence-corrected chi connectivity index (χ0v) is 22.6. The molecule has 1 saturated heterocycles. The second kappa shape index (κ2) is 11.3. The van der Waals surface area contributed by atoms with Gasteiger partial charge < -0.3 is 24.6 Å². The van der Waals surface area contributed by atoms with Crippen molar-refractivity contribution in [3.63, 3.8) is 0 Å². The van der Waals surface area contributed by atoms with Gasteiger partial charge in [-0.2, -0.15) is 8.78 Å². The van der Waals surface area contributed by atoms with E-state index in [-0.39, 0.29) is 17.1 Å². The Bertz CT molecular complexity index is 1280. The fraction of sp³-hybridized carbons (Fsp3) is 0.500. The minimum atomic E-state index is -3.32. The van der Waals surface area contributed by atoms with E-state index < -0.39 is 12.5 Å². The molecule has 3 aromatic rings. The molecule has 1 aliphatic rings. The van der Waals surface area contributed by atoms with Crippen LogP contribution in [0.2, 0.25) is 0 Å². The number of fused-ring (bicyclic) bond motifs is 1. The molecular formula is C28H36F2N4O4. The zero-order valence-electron chi connectivity index (χ0n) is 22.6. The van der Waals surface area contributed by atoms with Crippen molar-refractivity contribution >= 4 is 16.7 Å². The number of nitrogens with one attached hydrogen (secondary N) is 1. The molecule has 2 heterocycles. The van der Waals surface area contributed by atoms with E-state index in [2.05, 4.69) is 27.2 Å². The molecule has 4 rings (SSSR count). The van der Waals surface area contributed by atoms with Gasteiger partial charge in [-0.25, -0.2) is 9.97 Å². The van der Waals surface area contributed by atoms with E-state index in [1.54, 1.807) is 33.3 Å². The fourth-order valence-corrected chi connectivity index (χ4v) is 5.01. The number of anilines is 1. The van der Waals surface area contributed by atoms with Crippen molar-refractivity contribution in [2.75, 3.05) is 52.9 Å². The summed E-state index contributed by atoms with van der Waals surface area (Å²) in [7, 11) is 5.37. The van der Waals surface area contributed by atoms with Crippen LogP contribution in [0, 0.1) is 6.92 Å². The highest BCUT2D eigenvalue weighted by Gasteiger charge is 2.40. The lowest BCUT2D eigenvalue weighted by atomic mass is 9.99. The van der Waals surface area contributed by atoms with Crippen LogP contribution >= 0.6 is 0 Å². The quantitative estimate of drug-likeness (QED) is 0.369. The highest BCUT2D eigenvalue weighted by Crippen LogP contribution is 2.37. The van der Waals surface area contributed by atoms with Crippen molar-refractivity contribution in [2.24, 2.45) is 0 Å².